The number of aromatic nitrogens is 2. The molecule has 1 amide bonds. The molecule has 0 unspecified atom stereocenters. The lowest BCUT2D eigenvalue weighted by atomic mass is 10.1. The van der Waals surface area contributed by atoms with Gasteiger partial charge in [-0.15, -0.1) is 11.3 Å². The number of carbonyl (C=O) groups excluding carboxylic acids is 2. The van der Waals surface area contributed by atoms with Gasteiger partial charge in [-0.2, -0.15) is 5.10 Å². The van der Waals surface area contributed by atoms with Gasteiger partial charge in [-0.05, 0) is 29.5 Å². The van der Waals surface area contributed by atoms with Crippen LogP contribution in [-0.2, 0) is 22.5 Å². The molecule has 1 aliphatic heterocycles. The SMILES string of the molecule is O=C(OCC(=O)N1CCc2sccc2C1)c1cc(-c2ccccc2)n[nH]1. The minimum atomic E-state index is -0.582. The average molecular weight is 367 g/mol. The molecular weight excluding hydrogens is 350 g/mol. The maximum Gasteiger partial charge on any atom is 0.356 e. The van der Waals surface area contributed by atoms with Crippen LogP contribution in [0.4, 0.5) is 0 Å². The van der Waals surface area contributed by atoms with E-state index in [0.717, 1.165) is 12.0 Å². The van der Waals surface area contributed by atoms with Crippen molar-refractivity contribution in [3.8, 4) is 11.3 Å². The number of nitrogens with one attached hydrogen (secondary N) is 1. The Morgan fingerprint density at radius 3 is 2.92 bits per heavy atom. The highest BCUT2D eigenvalue weighted by Crippen LogP contribution is 2.24. The first-order valence-corrected chi connectivity index (χ1v) is 9.19. The smallest absolute Gasteiger partial charge is 0.356 e. The number of rotatable bonds is 4. The van der Waals surface area contributed by atoms with E-state index in [1.54, 1.807) is 22.3 Å². The summed E-state index contributed by atoms with van der Waals surface area (Å²) in [6.45, 7) is 0.974. The van der Waals surface area contributed by atoms with E-state index in [1.165, 1.54) is 10.4 Å². The van der Waals surface area contributed by atoms with Crippen molar-refractivity contribution in [3.05, 3.63) is 64.0 Å². The number of amides is 1. The van der Waals surface area contributed by atoms with E-state index >= 15 is 0 Å². The van der Waals surface area contributed by atoms with Crippen LogP contribution in [0.2, 0.25) is 0 Å². The summed E-state index contributed by atoms with van der Waals surface area (Å²) in [6, 6.07) is 13.2. The lowest BCUT2D eigenvalue weighted by Gasteiger charge is -2.26. The van der Waals surface area contributed by atoms with Crippen LogP contribution >= 0.6 is 11.3 Å². The first-order chi connectivity index (χ1) is 12.7. The third-order valence-electron chi connectivity index (χ3n) is 4.35. The van der Waals surface area contributed by atoms with E-state index in [4.69, 9.17) is 4.74 Å². The molecular formula is C19H17N3O3S. The lowest BCUT2D eigenvalue weighted by molar-refractivity contribution is -0.135. The fourth-order valence-electron chi connectivity index (χ4n) is 2.94. The average Bonchev–Trinajstić information content (AvgIpc) is 3.35. The molecule has 7 heteroatoms. The molecule has 3 aromatic rings. The van der Waals surface area contributed by atoms with Crippen molar-refractivity contribution in [3.63, 3.8) is 0 Å². The molecule has 26 heavy (non-hydrogen) atoms. The number of hydrogen-bond donors (Lipinski definition) is 1. The fraction of sp³-hybridized carbons (Fsp3) is 0.211. The summed E-state index contributed by atoms with van der Waals surface area (Å²) in [7, 11) is 0. The van der Waals surface area contributed by atoms with Crippen molar-refractivity contribution < 1.29 is 14.3 Å². The molecule has 0 spiro atoms. The molecule has 6 nitrogen and oxygen atoms in total. The molecule has 1 aromatic carbocycles. The van der Waals surface area contributed by atoms with Crippen molar-refractivity contribution >= 4 is 23.2 Å². The zero-order valence-corrected chi connectivity index (χ0v) is 14.8. The Bertz CT molecular complexity index is 932. The Hall–Kier alpha value is -2.93. The molecule has 0 aliphatic carbocycles. The number of fused-ring (bicyclic) bond motifs is 1. The van der Waals surface area contributed by atoms with Crippen LogP contribution in [0, 0.1) is 0 Å². The maximum atomic E-state index is 12.3. The van der Waals surface area contributed by atoms with E-state index in [-0.39, 0.29) is 18.2 Å². The number of carbonyl (C=O) groups is 2. The van der Waals surface area contributed by atoms with Gasteiger partial charge in [-0.3, -0.25) is 9.89 Å². The number of esters is 1. The van der Waals surface area contributed by atoms with E-state index < -0.39 is 5.97 Å². The summed E-state index contributed by atoms with van der Waals surface area (Å²) in [4.78, 5) is 27.5. The van der Waals surface area contributed by atoms with Crippen LogP contribution in [0.15, 0.2) is 47.8 Å². The zero-order valence-electron chi connectivity index (χ0n) is 14.0. The molecule has 1 N–H and O–H groups in total. The van der Waals surface area contributed by atoms with Crippen LogP contribution in [-0.4, -0.2) is 40.1 Å². The number of benzene rings is 1. The van der Waals surface area contributed by atoms with E-state index in [0.29, 0.717) is 18.8 Å². The highest BCUT2D eigenvalue weighted by Gasteiger charge is 2.23. The standard InChI is InChI=1S/C19H17N3O3S/c23-18(22-8-6-17-14(11-22)7-9-26-17)12-25-19(24)16-10-15(20-21-16)13-4-2-1-3-5-13/h1-5,7,9-10H,6,8,11-12H2,(H,20,21). The topological polar surface area (TPSA) is 75.3 Å². The Labute approximate surface area is 154 Å². The molecule has 0 fully saturated rings. The molecule has 4 rings (SSSR count). The number of nitrogens with zero attached hydrogens (tertiary/aromatic N) is 2. The number of thiophene rings is 1. The molecule has 0 bridgehead atoms. The minimum Gasteiger partial charge on any atom is -0.451 e. The fourth-order valence-corrected chi connectivity index (χ4v) is 3.83. The minimum absolute atomic E-state index is 0.182. The van der Waals surface area contributed by atoms with Gasteiger partial charge in [0.25, 0.3) is 5.91 Å². The molecule has 2 aromatic heterocycles. The Morgan fingerprint density at radius 2 is 2.08 bits per heavy atom. The van der Waals surface area contributed by atoms with Crippen LogP contribution in [0.25, 0.3) is 11.3 Å². The van der Waals surface area contributed by atoms with Gasteiger partial charge < -0.3 is 9.64 Å². The second kappa shape index (κ2) is 7.13. The molecule has 132 valence electrons. The summed E-state index contributed by atoms with van der Waals surface area (Å²) in [5, 5.41) is 8.84. The summed E-state index contributed by atoms with van der Waals surface area (Å²) >= 11 is 1.72. The van der Waals surface area contributed by atoms with Crippen molar-refractivity contribution in [1.29, 1.82) is 0 Å². The van der Waals surface area contributed by atoms with Gasteiger partial charge in [0.15, 0.2) is 6.61 Å². The first kappa shape index (κ1) is 16.5. The van der Waals surface area contributed by atoms with Crippen molar-refractivity contribution in [2.45, 2.75) is 13.0 Å². The second-order valence-corrected chi connectivity index (χ2v) is 7.04. The molecule has 1 aliphatic rings. The van der Waals surface area contributed by atoms with E-state index in [2.05, 4.69) is 10.2 Å². The third kappa shape index (κ3) is 3.39. The van der Waals surface area contributed by atoms with Crippen molar-refractivity contribution in [2.75, 3.05) is 13.2 Å². The monoisotopic (exact) mass is 367 g/mol. The predicted molar refractivity (Wildman–Crippen MR) is 97.7 cm³/mol. The van der Waals surface area contributed by atoms with Gasteiger partial charge in [-0.1, -0.05) is 30.3 Å². The van der Waals surface area contributed by atoms with E-state index in [9.17, 15) is 9.59 Å². The predicted octanol–water partition coefficient (Wildman–Crippen LogP) is 2.88. The number of H-pyrrole nitrogens is 1. The Morgan fingerprint density at radius 1 is 1.23 bits per heavy atom. The highest BCUT2D eigenvalue weighted by molar-refractivity contribution is 7.10. The number of hydrogen-bond acceptors (Lipinski definition) is 5. The largest absolute Gasteiger partial charge is 0.451 e. The normalized spacial score (nSPS) is 13.3. The summed E-state index contributed by atoms with van der Waals surface area (Å²) in [5.41, 5.74) is 2.97. The molecule has 0 saturated heterocycles. The second-order valence-electron chi connectivity index (χ2n) is 6.04. The zero-order chi connectivity index (χ0) is 17.9. The van der Waals surface area contributed by atoms with Gasteiger partial charge in [0.1, 0.15) is 5.69 Å². The van der Waals surface area contributed by atoms with Crippen LogP contribution in [0.5, 0.6) is 0 Å². The number of ether oxygens (including phenoxy) is 1. The third-order valence-corrected chi connectivity index (χ3v) is 5.38. The van der Waals surface area contributed by atoms with Crippen LogP contribution in [0.3, 0.4) is 0 Å². The molecule has 0 atom stereocenters. The van der Waals surface area contributed by atoms with Crippen LogP contribution in [0.1, 0.15) is 20.9 Å². The van der Waals surface area contributed by atoms with Gasteiger partial charge in [0.2, 0.25) is 0 Å². The van der Waals surface area contributed by atoms with Crippen molar-refractivity contribution in [2.24, 2.45) is 0 Å². The number of aromatic amines is 1. The molecule has 3 heterocycles. The first-order valence-electron chi connectivity index (χ1n) is 8.31. The van der Waals surface area contributed by atoms with E-state index in [1.807, 2.05) is 41.8 Å². The highest BCUT2D eigenvalue weighted by atomic mass is 32.1. The quantitative estimate of drug-likeness (QED) is 0.720. The Kier molecular flexibility index (Phi) is 4.53. The van der Waals surface area contributed by atoms with Crippen molar-refractivity contribution in [1.82, 2.24) is 15.1 Å². The van der Waals surface area contributed by atoms with Gasteiger partial charge in [-0.25, -0.2) is 4.79 Å². The summed E-state index contributed by atoms with van der Waals surface area (Å²) in [6.07, 6.45) is 0.855. The summed E-state index contributed by atoms with van der Waals surface area (Å²) < 4.78 is 5.16. The van der Waals surface area contributed by atoms with Crippen LogP contribution < -0.4 is 0 Å². The van der Waals surface area contributed by atoms with Gasteiger partial charge >= 0.3 is 5.97 Å². The lowest BCUT2D eigenvalue weighted by Crippen LogP contribution is -2.38. The molecule has 0 saturated carbocycles. The van der Waals surface area contributed by atoms with Gasteiger partial charge in [0.05, 0.1) is 5.69 Å². The maximum absolute atomic E-state index is 12.3. The van der Waals surface area contributed by atoms with Gasteiger partial charge in [0, 0.05) is 23.5 Å². The summed E-state index contributed by atoms with van der Waals surface area (Å²) in [5.74, 6) is -0.765. The Balaban J connectivity index is 1.34. The molecule has 0 radical (unpaired) electrons.